The van der Waals surface area contributed by atoms with Crippen LogP contribution in [0.2, 0.25) is 0 Å². The zero-order chi connectivity index (χ0) is 9.38. The number of fused-ring (bicyclic) bond motifs is 2. The van der Waals surface area contributed by atoms with E-state index in [1.807, 2.05) is 21.6 Å². The second kappa shape index (κ2) is 3.52. The Morgan fingerprint density at radius 3 is 1.79 bits per heavy atom. The summed E-state index contributed by atoms with van der Waals surface area (Å²) >= 11 is 0. The molecular formula is C12H10S2. The standard InChI is InChI=1S/C12H10S2/c1-2-4-10-6-12-8-14-13-7-11(12)5-9(10)3-1/h1-6H,7-8H2. The van der Waals surface area contributed by atoms with Crippen LogP contribution in [-0.2, 0) is 11.5 Å². The van der Waals surface area contributed by atoms with Crippen molar-refractivity contribution in [1.82, 2.24) is 0 Å². The monoisotopic (exact) mass is 218 g/mol. The molecule has 70 valence electrons. The fourth-order valence-corrected chi connectivity index (χ4v) is 4.03. The molecule has 3 rings (SSSR count). The normalized spacial score (nSPS) is 15.4. The number of hydrogen-bond donors (Lipinski definition) is 0. The molecule has 0 saturated heterocycles. The molecular weight excluding hydrogens is 208 g/mol. The average molecular weight is 218 g/mol. The Bertz CT molecular complexity index is 432. The first-order chi connectivity index (χ1) is 6.93. The molecule has 0 saturated carbocycles. The van der Waals surface area contributed by atoms with Gasteiger partial charge in [0.05, 0.1) is 0 Å². The van der Waals surface area contributed by atoms with E-state index in [2.05, 4.69) is 36.4 Å². The van der Waals surface area contributed by atoms with Crippen LogP contribution in [0, 0.1) is 0 Å². The van der Waals surface area contributed by atoms with E-state index in [4.69, 9.17) is 0 Å². The van der Waals surface area contributed by atoms with Gasteiger partial charge in [-0.25, -0.2) is 0 Å². The van der Waals surface area contributed by atoms with Crippen molar-refractivity contribution >= 4 is 32.4 Å². The quantitative estimate of drug-likeness (QED) is 0.607. The average Bonchev–Trinajstić information content (AvgIpc) is 2.26. The predicted octanol–water partition coefficient (Wildman–Crippen LogP) is 4.23. The van der Waals surface area contributed by atoms with Gasteiger partial charge >= 0.3 is 0 Å². The summed E-state index contributed by atoms with van der Waals surface area (Å²) in [5, 5.41) is 2.75. The Hall–Kier alpha value is -0.600. The molecule has 1 heterocycles. The summed E-state index contributed by atoms with van der Waals surface area (Å²) in [6.45, 7) is 0. The molecule has 0 amide bonds. The molecule has 1 aliphatic heterocycles. The second-order valence-electron chi connectivity index (χ2n) is 3.49. The van der Waals surface area contributed by atoms with Gasteiger partial charge in [0.25, 0.3) is 0 Å². The molecule has 0 nitrogen and oxygen atoms in total. The number of benzene rings is 2. The van der Waals surface area contributed by atoms with Gasteiger partial charge in [0.1, 0.15) is 0 Å². The molecule has 0 radical (unpaired) electrons. The van der Waals surface area contributed by atoms with Crippen molar-refractivity contribution in [2.45, 2.75) is 11.5 Å². The highest BCUT2D eigenvalue weighted by atomic mass is 33.1. The molecule has 0 bridgehead atoms. The van der Waals surface area contributed by atoms with E-state index >= 15 is 0 Å². The molecule has 2 aromatic carbocycles. The first kappa shape index (κ1) is 8.69. The Morgan fingerprint density at radius 2 is 1.29 bits per heavy atom. The third-order valence-corrected chi connectivity index (χ3v) is 4.81. The topological polar surface area (TPSA) is 0 Å². The summed E-state index contributed by atoms with van der Waals surface area (Å²) in [4.78, 5) is 0. The Balaban J connectivity index is 2.27. The van der Waals surface area contributed by atoms with Crippen molar-refractivity contribution in [2.24, 2.45) is 0 Å². The van der Waals surface area contributed by atoms with Gasteiger partial charge in [-0.05, 0) is 34.0 Å². The lowest BCUT2D eigenvalue weighted by Crippen LogP contribution is -1.94. The van der Waals surface area contributed by atoms with Gasteiger partial charge < -0.3 is 0 Å². The van der Waals surface area contributed by atoms with Crippen LogP contribution in [0.25, 0.3) is 10.8 Å². The van der Waals surface area contributed by atoms with Crippen LogP contribution in [0.15, 0.2) is 36.4 Å². The Morgan fingerprint density at radius 1 is 0.786 bits per heavy atom. The van der Waals surface area contributed by atoms with Crippen LogP contribution in [0.5, 0.6) is 0 Å². The zero-order valence-electron chi connectivity index (χ0n) is 7.69. The molecule has 0 spiro atoms. The van der Waals surface area contributed by atoms with E-state index in [9.17, 15) is 0 Å². The van der Waals surface area contributed by atoms with Crippen molar-refractivity contribution in [1.29, 1.82) is 0 Å². The molecule has 0 atom stereocenters. The van der Waals surface area contributed by atoms with Crippen LogP contribution in [0.3, 0.4) is 0 Å². The lowest BCUT2D eigenvalue weighted by molar-refractivity contribution is 1.30. The largest absolute Gasteiger partial charge is 0.0890 e. The van der Waals surface area contributed by atoms with Gasteiger partial charge in [0.2, 0.25) is 0 Å². The minimum Gasteiger partial charge on any atom is -0.0890 e. The lowest BCUT2D eigenvalue weighted by Gasteiger charge is -2.15. The maximum atomic E-state index is 2.34. The van der Waals surface area contributed by atoms with E-state index in [1.165, 1.54) is 21.9 Å². The highest BCUT2D eigenvalue weighted by molar-refractivity contribution is 8.76. The second-order valence-corrected chi connectivity index (χ2v) is 5.96. The molecule has 0 unspecified atom stereocenters. The maximum Gasteiger partial charge on any atom is 0.0292 e. The molecule has 1 aliphatic rings. The highest BCUT2D eigenvalue weighted by Gasteiger charge is 2.10. The minimum atomic E-state index is 1.16. The summed E-state index contributed by atoms with van der Waals surface area (Å²) in [6.07, 6.45) is 0. The third kappa shape index (κ3) is 1.43. The first-order valence-corrected chi connectivity index (χ1v) is 7.17. The van der Waals surface area contributed by atoms with Crippen LogP contribution >= 0.6 is 21.6 Å². The molecule has 0 aromatic heterocycles. The summed E-state index contributed by atoms with van der Waals surface area (Å²) in [6, 6.07) is 13.3. The van der Waals surface area contributed by atoms with E-state index in [-0.39, 0.29) is 0 Å². The van der Waals surface area contributed by atoms with Gasteiger partial charge in [0.15, 0.2) is 0 Å². The van der Waals surface area contributed by atoms with Gasteiger partial charge in [-0.3, -0.25) is 0 Å². The van der Waals surface area contributed by atoms with E-state index < -0.39 is 0 Å². The fraction of sp³-hybridized carbons (Fsp3) is 0.167. The molecule has 0 aliphatic carbocycles. The van der Waals surface area contributed by atoms with E-state index in [0.29, 0.717) is 0 Å². The van der Waals surface area contributed by atoms with Crippen molar-refractivity contribution < 1.29 is 0 Å². The van der Waals surface area contributed by atoms with Crippen molar-refractivity contribution in [3.63, 3.8) is 0 Å². The number of rotatable bonds is 0. The van der Waals surface area contributed by atoms with Gasteiger partial charge in [-0.1, -0.05) is 45.9 Å². The summed E-state index contributed by atoms with van der Waals surface area (Å²) in [5.41, 5.74) is 3.04. The van der Waals surface area contributed by atoms with Gasteiger partial charge in [0, 0.05) is 11.5 Å². The third-order valence-electron chi connectivity index (χ3n) is 2.58. The summed E-state index contributed by atoms with van der Waals surface area (Å²) in [5.74, 6) is 2.32. The summed E-state index contributed by atoms with van der Waals surface area (Å²) in [7, 11) is 3.93. The molecule has 2 heteroatoms. The van der Waals surface area contributed by atoms with E-state index in [0.717, 1.165) is 11.5 Å². The molecule has 0 N–H and O–H groups in total. The smallest absolute Gasteiger partial charge is 0.0292 e. The van der Waals surface area contributed by atoms with Gasteiger partial charge in [-0.2, -0.15) is 0 Å². The molecule has 0 fully saturated rings. The van der Waals surface area contributed by atoms with Crippen molar-refractivity contribution in [3.05, 3.63) is 47.5 Å². The zero-order valence-corrected chi connectivity index (χ0v) is 9.33. The fourth-order valence-electron chi connectivity index (χ4n) is 1.81. The minimum absolute atomic E-state index is 1.16. The maximum absolute atomic E-state index is 2.34. The number of hydrogen-bond acceptors (Lipinski definition) is 2. The summed E-state index contributed by atoms with van der Waals surface area (Å²) < 4.78 is 0. The predicted molar refractivity (Wildman–Crippen MR) is 66.5 cm³/mol. The van der Waals surface area contributed by atoms with Gasteiger partial charge in [-0.15, -0.1) is 0 Å². The first-order valence-electron chi connectivity index (χ1n) is 4.68. The molecule has 2 aromatic rings. The highest BCUT2D eigenvalue weighted by Crippen LogP contribution is 2.38. The lowest BCUT2D eigenvalue weighted by atomic mass is 10.0. The Kier molecular flexibility index (Phi) is 2.18. The van der Waals surface area contributed by atoms with Crippen molar-refractivity contribution in [2.75, 3.05) is 0 Å². The van der Waals surface area contributed by atoms with Crippen molar-refractivity contribution in [3.8, 4) is 0 Å². The van der Waals surface area contributed by atoms with Crippen LogP contribution < -0.4 is 0 Å². The van der Waals surface area contributed by atoms with Crippen LogP contribution in [-0.4, -0.2) is 0 Å². The SMILES string of the molecule is c1ccc2cc3c(cc2c1)CSSC3. The van der Waals surface area contributed by atoms with Crippen LogP contribution in [0.1, 0.15) is 11.1 Å². The van der Waals surface area contributed by atoms with Crippen LogP contribution in [0.4, 0.5) is 0 Å². The Labute approximate surface area is 91.5 Å². The molecule has 14 heavy (non-hydrogen) atoms. The van der Waals surface area contributed by atoms with E-state index in [1.54, 1.807) is 0 Å².